The van der Waals surface area contributed by atoms with Gasteiger partial charge in [-0.2, -0.15) is 0 Å². The molecule has 0 unspecified atom stereocenters. The molecule has 0 spiro atoms. The number of carbonyl (C=O) groups excluding carboxylic acids is 1. The van der Waals surface area contributed by atoms with Gasteiger partial charge >= 0.3 is 0 Å². The van der Waals surface area contributed by atoms with Gasteiger partial charge in [0.15, 0.2) is 11.5 Å². The molecule has 0 saturated carbocycles. The number of amides is 1. The molecular formula is C17H21NO3. The first-order valence-electron chi connectivity index (χ1n) is 7.28. The van der Waals surface area contributed by atoms with Gasteiger partial charge in [0.05, 0.1) is 0 Å². The summed E-state index contributed by atoms with van der Waals surface area (Å²) in [4.78, 5) is 13.7. The van der Waals surface area contributed by atoms with Crippen LogP contribution >= 0.6 is 0 Å². The largest absolute Gasteiger partial charge is 0.454 e. The van der Waals surface area contributed by atoms with Crippen LogP contribution in [0.4, 0.5) is 0 Å². The first kappa shape index (κ1) is 15.2. The maximum atomic E-state index is 11.9. The third-order valence-electron chi connectivity index (χ3n) is 3.22. The van der Waals surface area contributed by atoms with Crippen LogP contribution in [-0.2, 0) is 4.79 Å². The molecule has 0 aromatic heterocycles. The van der Waals surface area contributed by atoms with Crippen molar-refractivity contribution in [3.05, 3.63) is 42.0 Å². The van der Waals surface area contributed by atoms with Gasteiger partial charge in [0.1, 0.15) is 0 Å². The number of hydrogen-bond donors (Lipinski definition) is 0. The Morgan fingerprint density at radius 1 is 1.24 bits per heavy atom. The van der Waals surface area contributed by atoms with Crippen molar-refractivity contribution in [1.29, 1.82) is 0 Å². The molecule has 1 aliphatic heterocycles. The van der Waals surface area contributed by atoms with Crippen LogP contribution in [0.3, 0.4) is 0 Å². The molecule has 4 nitrogen and oxygen atoms in total. The molecular weight excluding hydrogens is 266 g/mol. The molecule has 1 aromatic rings. The van der Waals surface area contributed by atoms with Crippen molar-refractivity contribution in [2.24, 2.45) is 0 Å². The predicted molar refractivity (Wildman–Crippen MR) is 83.3 cm³/mol. The normalized spacial score (nSPS) is 13.2. The lowest BCUT2D eigenvalue weighted by molar-refractivity contribution is -0.125. The lowest BCUT2D eigenvalue weighted by atomic mass is 10.2. The molecule has 1 aliphatic rings. The van der Waals surface area contributed by atoms with Gasteiger partial charge in [-0.3, -0.25) is 4.79 Å². The molecule has 4 heteroatoms. The fourth-order valence-corrected chi connectivity index (χ4v) is 2.12. The van der Waals surface area contributed by atoms with Crippen LogP contribution in [-0.4, -0.2) is 30.7 Å². The lowest BCUT2D eigenvalue weighted by Gasteiger charge is -2.17. The highest BCUT2D eigenvalue weighted by molar-refractivity contribution is 5.88. The third kappa shape index (κ3) is 4.12. The van der Waals surface area contributed by atoms with E-state index < -0.39 is 0 Å². The molecule has 0 aliphatic carbocycles. The van der Waals surface area contributed by atoms with Crippen molar-refractivity contribution in [2.45, 2.75) is 20.3 Å². The Morgan fingerprint density at radius 2 is 2.05 bits per heavy atom. The van der Waals surface area contributed by atoms with Gasteiger partial charge < -0.3 is 14.4 Å². The highest BCUT2D eigenvalue weighted by Crippen LogP contribution is 2.32. The molecule has 0 bridgehead atoms. The van der Waals surface area contributed by atoms with Crippen LogP contribution in [0.25, 0.3) is 6.08 Å². The summed E-state index contributed by atoms with van der Waals surface area (Å²) in [5.41, 5.74) is 1.01. The third-order valence-corrected chi connectivity index (χ3v) is 3.22. The maximum absolute atomic E-state index is 11.9. The summed E-state index contributed by atoms with van der Waals surface area (Å²) in [6.45, 7) is 5.87. The summed E-state index contributed by atoms with van der Waals surface area (Å²) in [6, 6.07) is 5.76. The van der Waals surface area contributed by atoms with E-state index in [1.54, 1.807) is 12.2 Å². The van der Waals surface area contributed by atoms with Gasteiger partial charge in [-0.1, -0.05) is 31.2 Å². The van der Waals surface area contributed by atoms with E-state index in [1.807, 2.05) is 42.2 Å². The number of rotatable bonds is 6. The molecule has 2 rings (SSSR count). The topological polar surface area (TPSA) is 38.8 Å². The summed E-state index contributed by atoms with van der Waals surface area (Å²) in [6.07, 6.45) is 8.13. The van der Waals surface area contributed by atoms with Gasteiger partial charge in [-0.05, 0) is 31.0 Å². The van der Waals surface area contributed by atoms with Crippen LogP contribution in [0.1, 0.15) is 25.8 Å². The van der Waals surface area contributed by atoms with Crippen LogP contribution in [0.5, 0.6) is 11.5 Å². The first-order chi connectivity index (χ1) is 10.2. The SMILES string of the molecule is CCCN(CC)C(=O)/C=C/C=C/c1ccc2c(c1)OCO2. The van der Waals surface area contributed by atoms with E-state index in [4.69, 9.17) is 9.47 Å². The van der Waals surface area contributed by atoms with E-state index in [9.17, 15) is 4.79 Å². The van der Waals surface area contributed by atoms with Gasteiger partial charge in [0, 0.05) is 19.2 Å². The Morgan fingerprint density at radius 3 is 2.81 bits per heavy atom. The van der Waals surface area contributed by atoms with Gasteiger partial charge in [-0.25, -0.2) is 0 Å². The number of nitrogens with zero attached hydrogens (tertiary/aromatic N) is 1. The zero-order chi connectivity index (χ0) is 15.1. The number of carbonyl (C=O) groups is 1. The fourth-order valence-electron chi connectivity index (χ4n) is 2.12. The summed E-state index contributed by atoms with van der Waals surface area (Å²) in [5, 5.41) is 0. The minimum absolute atomic E-state index is 0.0506. The number of hydrogen-bond acceptors (Lipinski definition) is 3. The summed E-state index contributed by atoms with van der Waals surface area (Å²) >= 11 is 0. The molecule has 0 atom stereocenters. The van der Waals surface area contributed by atoms with Crippen LogP contribution in [0.15, 0.2) is 36.4 Å². The van der Waals surface area contributed by atoms with Gasteiger partial charge in [0.25, 0.3) is 0 Å². The maximum Gasteiger partial charge on any atom is 0.246 e. The summed E-state index contributed by atoms with van der Waals surface area (Å²) < 4.78 is 10.6. The second kappa shape index (κ2) is 7.53. The Balaban J connectivity index is 1.92. The summed E-state index contributed by atoms with van der Waals surface area (Å²) in [7, 11) is 0. The Bertz CT molecular complexity index is 549. The van der Waals surface area contributed by atoms with E-state index in [0.717, 1.165) is 36.6 Å². The van der Waals surface area contributed by atoms with Crippen molar-refractivity contribution in [3.8, 4) is 11.5 Å². The molecule has 0 saturated heterocycles. The zero-order valence-corrected chi connectivity index (χ0v) is 12.5. The highest BCUT2D eigenvalue weighted by atomic mass is 16.7. The molecule has 1 heterocycles. The Hall–Kier alpha value is -2.23. The Labute approximate surface area is 125 Å². The number of allylic oxidation sites excluding steroid dienone is 2. The minimum Gasteiger partial charge on any atom is -0.454 e. The molecule has 1 aromatic carbocycles. The standard InChI is InChI=1S/C17H21NO3/c1-3-11-18(4-2)17(19)8-6-5-7-14-9-10-15-16(12-14)21-13-20-15/h5-10,12H,3-4,11,13H2,1-2H3/b7-5+,8-6+. The number of benzene rings is 1. The fraction of sp³-hybridized carbons (Fsp3) is 0.353. The number of ether oxygens (including phenoxy) is 2. The van der Waals surface area contributed by atoms with Crippen molar-refractivity contribution < 1.29 is 14.3 Å². The van der Waals surface area contributed by atoms with Gasteiger partial charge in [-0.15, -0.1) is 0 Å². The lowest BCUT2D eigenvalue weighted by Crippen LogP contribution is -2.29. The average molecular weight is 287 g/mol. The van der Waals surface area contributed by atoms with E-state index in [-0.39, 0.29) is 12.7 Å². The number of fused-ring (bicyclic) bond motifs is 1. The molecule has 112 valence electrons. The molecule has 21 heavy (non-hydrogen) atoms. The second-order valence-electron chi connectivity index (χ2n) is 4.75. The van der Waals surface area contributed by atoms with Crippen molar-refractivity contribution in [2.75, 3.05) is 19.9 Å². The smallest absolute Gasteiger partial charge is 0.246 e. The quantitative estimate of drug-likeness (QED) is 0.595. The minimum atomic E-state index is 0.0506. The Kier molecular flexibility index (Phi) is 5.43. The van der Waals surface area contributed by atoms with Crippen molar-refractivity contribution in [1.82, 2.24) is 4.90 Å². The van der Waals surface area contributed by atoms with Crippen molar-refractivity contribution in [3.63, 3.8) is 0 Å². The van der Waals surface area contributed by atoms with Crippen LogP contribution < -0.4 is 9.47 Å². The van der Waals surface area contributed by atoms with E-state index in [0.29, 0.717) is 0 Å². The monoisotopic (exact) mass is 287 g/mol. The molecule has 1 amide bonds. The molecule has 0 radical (unpaired) electrons. The first-order valence-corrected chi connectivity index (χ1v) is 7.28. The van der Waals surface area contributed by atoms with E-state index >= 15 is 0 Å². The van der Waals surface area contributed by atoms with Crippen molar-refractivity contribution >= 4 is 12.0 Å². The second-order valence-corrected chi connectivity index (χ2v) is 4.75. The molecule has 0 fully saturated rings. The zero-order valence-electron chi connectivity index (χ0n) is 12.5. The average Bonchev–Trinajstić information content (AvgIpc) is 2.96. The summed E-state index contributed by atoms with van der Waals surface area (Å²) in [5.74, 6) is 1.59. The molecule has 0 N–H and O–H groups in total. The van der Waals surface area contributed by atoms with Crippen LogP contribution in [0.2, 0.25) is 0 Å². The predicted octanol–water partition coefficient (Wildman–Crippen LogP) is 3.24. The van der Waals surface area contributed by atoms with Gasteiger partial charge in [0.2, 0.25) is 12.7 Å². The van der Waals surface area contributed by atoms with E-state index in [1.165, 1.54) is 0 Å². The number of likely N-dealkylation sites (N-methyl/N-ethyl adjacent to an activating group) is 1. The van der Waals surface area contributed by atoms with Crippen LogP contribution in [0, 0.1) is 0 Å². The van der Waals surface area contributed by atoms with E-state index in [2.05, 4.69) is 6.92 Å². The highest BCUT2D eigenvalue weighted by Gasteiger charge is 2.12.